The van der Waals surface area contributed by atoms with Crippen molar-refractivity contribution in [3.63, 3.8) is 0 Å². The topological polar surface area (TPSA) is 50.4 Å². The van der Waals surface area contributed by atoms with Gasteiger partial charge in [0.05, 0.1) is 66.6 Å². The number of halogens is 1. The van der Waals surface area contributed by atoms with Gasteiger partial charge in [0, 0.05) is 103 Å². The van der Waals surface area contributed by atoms with E-state index in [1.54, 1.807) is 0 Å². The molecule has 0 saturated heterocycles. The van der Waals surface area contributed by atoms with E-state index in [4.69, 9.17) is 9.97 Å². The minimum atomic E-state index is 0.634. The molecule has 0 radical (unpaired) electrons. The maximum Gasteiger partial charge on any atom is 0.160 e. The van der Waals surface area contributed by atoms with Crippen molar-refractivity contribution in [3.05, 3.63) is 381 Å². The number of benzene rings is 16. The first kappa shape index (κ1) is 61.5. The fourth-order valence-corrected chi connectivity index (χ4v) is 17.6. The van der Waals surface area contributed by atoms with Gasteiger partial charge in [-0.05, 0) is 209 Å². The number of rotatable bonds is 11. The highest BCUT2D eigenvalue weighted by Gasteiger charge is 2.23. The molecule has 0 bridgehead atoms. The summed E-state index contributed by atoms with van der Waals surface area (Å²) < 4.78 is 12.9. The molecule has 0 unspecified atom stereocenters. The second-order valence-electron chi connectivity index (χ2n) is 28.2. The van der Waals surface area contributed by atoms with Gasteiger partial charge in [0.15, 0.2) is 5.82 Å². The predicted molar refractivity (Wildman–Crippen MR) is 454 cm³/mol. The third-order valence-electron chi connectivity index (χ3n) is 22.1. The summed E-state index contributed by atoms with van der Waals surface area (Å²) in [5.41, 5.74) is 28.5. The zero-order chi connectivity index (χ0) is 71.1. The Morgan fingerprint density at radius 2 is 0.417 bits per heavy atom. The van der Waals surface area contributed by atoms with Gasteiger partial charge < -0.3 is 22.8 Å². The molecule has 0 aliphatic heterocycles. The van der Waals surface area contributed by atoms with Crippen LogP contribution >= 0.6 is 15.9 Å². The van der Waals surface area contributed by atoms with E-state index < -0.39 is 0 Å². The average Bonchev–Trinajstić information content (AvgIpc) is 1.60. The molecule has 7 nitrogen and oxygen atoms in total. The molecule has 0 fully saturated rings. The van der Waals surface area contributed by atoms with E-state index in [0.717, 1.165) is 116 Å². The summed E-state index contributed by atoms with van der Waals surface area (Å²) in [6.45, 7) is 0. The van der Waals surface area contributed by atoms with Crippen LogP contribution in [0.2, 0.25) is 0 Å². The molecule has 22 rings (SSSR count). The zero-order valence-corrected chi connectivity index (χ0v) is 59.9. The molecule has 0 spiro atoms. The van der Waals surface area contributed by atoms with Gasteiger partial charge in [-0.3, -0.25) is 0 Å². The third kappa shape index (κ3) is 9.88. The summed E-state index contributed by atoms with van der Waals surface area (Å²) in [6.07, 6.45) is 0. The SMILES string of the molecule is Brc1cccc(-c2nc(-c3cccc(-n4c5ccccc5c5cc(-c6ccc7c(c6)c6ccccc6n7-c6ccccc6)ccc54)c3)cc(-c3cccc(-n4c5ccc(-c6ccc7c(c6)c6ccccc6n7-c6ccccc6)cc5c5cc(-c6ccc7c(c6)c6ccccc6n7-c6ccccc6)ccc54)c3)n2)c1. The Morgan fingerprint density at radius 1 is 0.167 bits per heavy atom. The van der Waals surface area contributed by atoms with E-state index in [9.17, 15) is 0 Å². The molecular formula is C100H62BrN7. The lowest BCUT2D eigenvalue weighted by Crippen LogP contribution is -1.99. The summed E-state index contributed by atoms with van der Waals surface area (Å²) in [6, 6.07) is 137. The molecule has 108 heavy (non-hydrogen) atoms. The third-order valence-corrected chi connectivity index (χ3v) is 22.6. The molecule has 0 atom stereocenters. The minimum Gasteiger partial charge on any atom is -0.309 e. The summed E-state index contributed by atoms with van der Waals surface area (Å²) in [5, 5.41) is 12.0. The molecule has 0 saturated carbocycles. The number of para-hydroxylation sites is 7. The van der Waals surface area contributed by atoms with E-state index in [1.807, 2.05) is 6.07 Å². The minimum absolute atomic E-state index is 0.634. The number of hydrogen-bond acceptors (Lipinski definition) is 2. The van der Waals surface area contributed by atoms with E-state index in [2.05, 4.69) is 409 Å². The Hall–Kier alpha value is -13.9. The summed E-state index contributed by atoms with van der Waals surface area (Å²) in [5.74, 6) is 0.634. The first-order valence-electron chi connectivity index (χ1n) is 36.7. The van der Waals surface area contributed by atoms with Crippen LogP contribution in [0, 0.1) is 0 Å². The Labute approximate surface area is 629 Å². The van der Waals surface area contributed by atoms with Crippen molar-refractivity contribution < 1.29 is 0 Å². The van der Waals surface area contributed by atoms with E-state index >= 15 is 0 Å². The van der Waals surface area contributed by atoms with Gasteiger partial charge >= 0.3 is 0 Å². The monoisotopic (exact) mass is 1440 g/mol. The molecule has 0 aliphatic rings. The average molecular weight is 1440 g/mol. The molecular weight excluding hydrogens is 1380 g/mol. The quantitative estimate of drug-likeness (QED) is 0.130. The Balaban J connectivity index is 0.675. The summed E-state index contributed by atoms with van der Waals surface area (Å²) in [4.78, 5) is 10.9. The zero-order valence-electron chi connectivity index (χ0n) is 58.3. The fourth-order valence-electron chi connectivity index (χ4n) is 17.2. The highest BCUT2D eigenvalue weighted by atomic mass is 79.9. The first-order valence-corrected chi connectivity index (χ1v) is 37.5. The van der Waals surface area contributed by atoms with Crippen LogP contribution in [0.3, 0.4) is 0 Å². The Bertz CT molecular complexity index is 7220. The Morgan fingerprint density at radius 3 is 0.731 bits per heavy atom. The van der Waals surface area contributed by atoms with Gasteiger partial charge in [-0.1, -0.05) is 216 Å². The van der Waals surface area contributed by atoms with Gasteiger partial charge in [-0.15, -0.1) is 0 Å². The standard InChI is InChI=1S/C100H62BrN7/c101-72-24-18-23-71(53-72)100-102-88(69-21-19-31-76(54-69)107-93-40-17-13-36-81(93)85-59-64(44-50-97(85)107)63-41-47-94-82(56-63)78-33-10-14-37-90(78)104(94)73-25-4-1-5-26-73)62-89(103-100)70-22-20-32-77(55-70)108-98-51-45-67(65-42-48-95-83(57-65)79-34-11-15-38-91(79)105(95)74-27-6-2-7-28-74)60-86(98)87-61-68(46-52-99(87)108)66-43-49-96-84(58-66)80-35-12-16-39-92(80)106(96)75-29-8-3-9-30-75/h1-62H. The maximum atomic E-state index is 5.48. The van der Waals surface area contributed by atoms with E-state index in [1.165, 1.54) is 87.3 Å². The summed E-state index contributed by atoms with van der Waals surface area (Å²) >= 11 is 3.80. The second-order valence-corrected chi connectivity index (χ2v) is 29.1. The van der Waals surface area contributed by atoms with Crippen LogP contribution in [-0.2, 0) is 0 Å². The van der Waals surface area contributed by atoms with Crippen molar-refractivity contribution in [2.24, 2.45) is 0 Å². The van der Waals surface area contributed by atoms with Crippen molar-refractivity contribution in [2.45, 2.75) is 0 Å². The van der Waals surface area contributed by atoms with Crippen LogP contribution in [0.1, 0.15) is 0 Å². The predicted octanol–water partition coefficient (Wildman–Crippen LogP) is 26.7. The van der Waals surface area contributed by atoms with Crippen molar-refractivity contribution in [1.29, 1.82) is 0 Å². The molecule has 0 amide bonds. The number of hydrogen-bond donors (Lipinski definition) is 0. The lowest BCUT2D eigenvalue weighted by Gasteiger charge is -2.14. The van der Waals surface area contributed by atoms with Crippen LogP contribution < -0.4 is 0 Å². The molecule has 504 valence electrons. The first-order chi connectivity index (χ1) is 53.4. The van der Waals surface area contributed by atoms with Gasteiger partial charge in [0.2, 0.25) is 0 Å². The smallest absolute Gasteiger partial charge is 0.160 e. The maximum absolute atomic E-state index is 5.48. The largest absolute Gasteiger partial charge is 0.309 e. The normalized spacial score (nSPS) is 11.9. The van der Waals surface area contributed by atoms with Crippen molar-refractivity contribution in [1.82, 2.24) is 32.8 Å². The molecule has 16 aromatic carbocycles. The molecule has 8 heteroatoms. The second kappa shape index (κ2) is 24.6. The van der Waals surface area contributed by atoms with Crippen LogP contribution in [0.5, 0.6) is 0 Å². The molecule has 0 N–H and O–H groups in total. The molecule has 22 aromatic rings. The summed E-state index contributed by atoms with van der Waals surface area (Å²) in [7, 11) is 0. The van der Waals surface area contributed by atoms with Gasteiger partial charge in [0.25, 0.3) is 0 Å². The van der Waals surface area contributed by atoms with E-state index in [0.29, 0.717) is 5.82 Å². The molecule has 6 aromatic heterocycles. The van der Waals surface area contributed by atoms with Gasteiger partial charge in [-0.25, -0.2) is 9.97 Å². The van der Waals surface area contributed by atoms with Crippen molar-refractivity contribution in [2.75, 3.05) is 0 Å². The van der Waals surface area contributed by atoms with E-state index in [-0.39, 0.29) is 0 Å². The fraction of sp³-hybridized carbons (Fsp3) is 0. The van der Waals surface area contributed by atoms with Gasteiger partial charge in [-0.2, -0.15) is 0 Å². The number of aromatic nitrogens is 7. The lowest BCUT2D eigenvalue weighted by molar-refractivity contribution is 1.16. The number of nitrogens with zero attached hydrogens (tertiary/aromatic N) is 7. The highest BCUT2D eigenvalue weighted by molar-refractivity contribution is 9.10. The lowest BCUT2D eigenvalue weighted by atomic mass is 9.98. The Kier molecular flexibility index (Phi) is 14.0. The van der Waals surface area contributed by atoms with Crippen LogP contribution in [0.15, 0.2) is 381 Å². The molecule has 6 heterocycles. The van der Waals surface area contributed by atoms with Crippen molar-refractivity contribution >= 4 is 125 Å². The van der Waals surface area contributed by atoms with Crippen LogP contribution in [0.4, 0.5) is 0 Å². The van der Waals surface area contributed by atoms with Gasteiger partial charge in [0.1, 0.15) is 0 Å². The molecule has 0 aliphatic carbocycles. The van der Waals surface area contributed by atoms with Crippen LogP contribution in [0.25, 0.3) is 205 Å². The number of fused-ring (bicyclic) bond motifs is 15. The van der Waals surface area contributed by atoms with Crippen molar-refractivity contribution in [3.8, 4) is 95.7 Å². The highest BCUT2D eigenvalue weighted by Crippen LogP contribution is 2.45. The van der Waals surface area contributed by atoms with Crippen LogP contribution in [-0.4, -0.2) is 32.8 Å².